The Balaban J connectivity index is 1.62. The van der Waals surface area contributed by atoms with Crippen LogP contribution in [0.3, 0.4) is 0 Å². The summed E-state index contributed by atoms with van der Waals surface area (Å²) in [5.74, 6) is 0.664. The van der Waals surface area contributed by atoms with Crippen LogP contribution in [0.15, 0.2) is 42.6 Å². The summed E-state index contributed by atoms with van der Waals surface area (Å²) in [6.07, 6.45) is 8.17. The van der Waals surface area contributed by atoms with Crippen LogP contribution in [0.2, 0.25) is 0 Å². The van der Waals surface area contributed by atoms with Crippen molar-refractivity contribution >= 4 is 5.91 Å². The topological polar surface area (TPSA) is 68.5 Å². The number of likely N-dealkylation sites (N-methyl/N-ethyl adjacent to an activating group) is 1. The van der Waals surface area contributed by atoms with Gasteiger partial charge in [-0.15, -0.1) is 0 Å². The van der Waals surface area contributed by atoms with Gasteiger partial charge in [0.2, 0.25) is 11.8 Å². The molecule has 0 aliphatic heterocycles. The maximum Gasteiger partial charge on any atom is 0.250 e. The lowest BCUT2D eigenvalue weighted by molar-refractivity contribution is 0.1000. The Kier molecular flexibility index (Phi) is 6.35. The second-order valence-corrected chi connectivity index (χ2v) is 8.47. The molecule has 150 valence electrons. The predicted octanol–water partition coefficient (Wildman–Crippen LogP) is 4.51. The molecular formula is C23H31N3O2. The van der Waals surface area contributed by atoms with Gasteiger partial charge in [-0.1, -0.05) is 45.2 Å². The lowest BCUT2D eigenvalue weighted by Gasteiger charge is -2.37. The van der Waals surface area contributed by atoms with Crippen LogP contribution in [0.4, 0.5) is 0 Å². The third kappa shape index (κ3) is 5.10. The first-order chi connectivity index (χ1) is 13.3. The zero-order valence-electron chi connectivity index (χ0n) is 17.1. The number of nitrogens with zero attached hydrogens (tertiary/aromatic N) is 2. The normalized spacial score (nSPS) is 15.6. The number of pyridine rings is 1. The lowest BCUT2D eigenvalue weighted by Crippen LogP contribution is -2.41. The fourth-order valence-electron chi connectivity index (χ4n) is 4.05. The average Bonchev–Trinajstić information content (AvgIpc) is 2.69. The molecule has 1 aliphatic rings. The Hall–Kier alpha value is -2.40. The lowest BCUT2D eigenvalue weighted by atomic mass is 9.83. The molecule has 0 radical (unpaired) electrons. The van der Waals surface area contributed by atoms with Crippen molar-refractivity contribution in [3.63, 3.8) is 0 Å². The molecule has 0 atom stereocenters. The molecule has 0 spiro atoms. The van der Waals surface area contributed by atoms with Gasteiger partial charge in [-0.05, 0) is 43.7 Å². The summed E-state index contributed by atoms with van der Waals surface area (Å²) in [6, 6.07) is 12.2. The van der Waals surface area contributed by atoms with Crippen molar-refractivity contribution in [2.24, 2.45) is 5.73 Å². The first-order valence-corrected chi connectivity index (χ1v) is 10.1. The summed E-state index contributed by atoms with van der Waals surface area (Å²) in [6.45, 7) is 5.63. The van der Waals surface area contributed by atoms with Gasteiger partial charge >= 0.3 is 0 Å². The van der Waals surface area contributed by atoms with Gasteiger partial charge in [-0.25, -0.2) is 4.98 Å². The van der Waals surface area contributed by atoms with Crippen molar-refractivity contribution in [2.75, 3.05) is 13.6 Å². The van der Waals surface area contributed by atoms with E-state index in [-0.39, 0.29) is 5.41 Å². The summed E-state index contributed by atoms with van der Waals surface area (Å²) in [4.78, 5) is 17.8. The molecule has 2 N–H and O–H groups in total. The van der Waals surface area contributed by atoms with Crippen LogP contribution in [-0.2, 0) is 5.41 Å². The maximum atomic E-state index is 11.1. The third-order valence-electron chi connectivity index (χ3n) is 5.72. The summed E-state index contributed by atoms with van der Waals surface area (Å²) in [7, 11) is 2.26. The summed E-state index contributed by atoms with van der Waals surface area (Å²) < 4.78 is 5.78. The van der Waals surface area contributed by atoms with E-state index in [0.29, 0.717) is 17.5 Å². The van der Waals surface area contributed by atoms with E-state index >= 15 is 0 Å². The number of primary amides is 1. The van der Waals surface area contributed by atoms with Gasteiger partial charge in [0.25, 0.3) is 0 Å². The molecule has 0 bridgehead atoms. The minimum absolute atomic E-state index is 0.0616. The van der Waals surface area contributed by atoms with Gasteiger partial charge < -0.3 is 15.4 Å². The monoisotopic (exact) mass is 381 g/mol. The molecule has 1 fully saturated rings. The summed E-state index contributed by atoms with van der Waals surface area (Å²) >= 11 is 0. The van der Waals surface area contributed by atoms with E-state index in [4.69, 9.17) is 10.5 Å². The third-order valence-corrected chi connectivity index (χ3v) is 5.72. The van der Waals surface area contributed by atoms with Gasteiger partial charge in [0, 0.05) is 30.3 Å². The molecule has 2 aromatic rings. The van der Waals surface area contributed by atoms with Crippen molar-refractivity contribution in [1.82, 2.24) is 9.88 Å². The number of hydrogen-bond donors (Lipinski definition) is 1. The Morgan fingerprint density at radius 1 is 1.14 bits per heavy atom. The molecule has 1 aliphatic carbocycles. The fraction of sp³-hybridized carbons (Fsp3) is 0.478. The van der Waals surface area contributed by atoms with Crippen molar-refractivity contribution in [2.45, 2.75) is 57.4 Å². The number of benzene rings is 1. The van der Waals surface area contributed by atoms with E-state index < -0.39 is 5.91 Å². The smallest absolute Gasteiger partial charge is 0.250 e. The largest absolute Gasteiger partial charge is 0.439 e. The summed E-state index contributed by atoms with van der Waals surface area (Å²) in [5.41, 5.74) is 6.95. The molecule has 1 heterocycles. The molecule has 5 nitrogen and oxygen atoms in total. The van der Waals surface area contributed by atoms with E-state index in [1.54, 1.807) is 12.1 Å². The van der Waals surface area contributed by atoms with Crippen molar-refractivity contribution in [3.8, 4) is 11.6 Å². The molecule has 0 unspecified atom stereocenters. The van der Waals surface area contributed by atoms with E-state index in [0.717, 1.165) is 12.3 Å². The van der Waals surface area contributed by atoms with Crippen LogP contribution in [0.1, 0.15) is 61.9 Å². The van der Waals surface area contributed by atoms with Gasteiger partial charge in [0.05, 0.1) is 5.56 Å². The van der Waals surface area contributed by atoms with E-state index in [1.807, 2.05) is 12.1 Å². The quantitative estimate of drug-likeness (QED) is 0.766. The highest BCUT2D eigenvalue weighted by atomic mass is 16.5. The molecule has 3 rings (SSSR count). The average molecular weight is 382 g/mol. The fourth-order valence-corrected chi connectivity index (χ4v) is 4.05. The van der Waals surface area contributed by atoms with E-state index in [2.05, 4.69) is 42.9 Å². The molecule has 1 aromatic heterocycles. The van der Waals surface area contributed by atoms with Crippen LogP contribution < -0.4 is 10.5 Å². The van der Waals surface area contributed by atoms with E-state index in [1.165, 1.54) is 43.9 Å². The van der Waals surface area contributed by atoms with Crippen LogP contribution in [0.25, 0.3) is 0 Å². The number of rotatable bonds is 7. The number of aromatic nitrogens is 1. The molecule has 0 saturated heterocycles. The highest BCUT2D eigenvalue weighted by molar-refractivity contribution is 5.92. The molecule has 1 amide bonds. The highest BCUT2D eigenvalue weighted by Crippen LogP contribution is 2.30. The van der Waals surface area contributed by atoms with Gasteiger partial charge in [0.1, 0.15) is 5.75 Å². The Morgan fingerprint density at radius 3 is 2.39 bits per heavy atom. The van der Waals surface area contributed by atoms with Crippen LogP contribution in [0.5, 0.6) is 11.6 Å². The minimum Gasteiger partial charge on any atom is -0.439 e. The number of amides is 1. The number of carbonyl (C=O) groups is 1. The van der Waals surface area contributed by atoms with Gasteiger partial charge in [0.15, 0.2) is 0 Å². The number of carbonyl (C=O) groups excluding carboxylic acids is 1. The molecule has 1 aromatic carbocycles. The van der Waals surface area contributed by atoms with Crippen LogP contribution in [0, 0.1) is 0 Å². The van der Waals surface area contributed by atoms with Crippen LogP contribution >= 0.6 is 0 Å². The van der Waals surface area contributed by atoms with Crippen molar-refractivity contribution in [1.29, 1.82) is 0 Å². The second-order valence-electron chi connectivity index (χ2n) is 8.47. The zero-order valence-corrected chi connectivity index (χ0v) is 17.1. The number of ether oxygens (including phenoxy) is 1. The Morgan fingerprint density at radius 2 is 1.82 bits per heavy atom. The predicted molar refractivity (Wildman–Crippen MR) is 112 cm³/mol. The number of nitrogens with two attached hydrogens (primary N) is 1. The summed E-state index contributed by atoms with van der Waals surface area (Å²) in [5, 5.41) is 0. The highest BCUT2D eigenvalue weighted by Gasteiger charge is 2.26. The van der Waals surface area contributed by atoms with Gasteiger partial charge in [-0.3, -0.25) is 4.79 Å². The van der Waals surface area contributed by atoms with Crippen LogP contribution in [-0.4, -0.2) is 35.4 Å². The Labute approximate surface area is 167 Å². The molecule has 5 heteroatoms. The van der Waals surface area contributed by atoms with Crippen molar-refractivity contribution < 1.29 is 9.53 Å². The Bertz CT molecular complexity index is 778. The molecule has 28 heavy (non-hydrogen) atoms. The zero-order chi connectivity index (χ0) is 20.1. The number of hydrogen-bond acceptors (Lipinski definition) is 4. The SMILES string of the molecule is CN(CC(C)(C)c1ccc(Oc2ccc(C(N)=O)cn2)cc1)C1CCCCC1. The van der Waals surface area contributed by atoms with Crippen molar-refractivity contribution in [3.05, 3.63) is 53.7 Å². The first-order valence-electron chi connectivity index (χ1n) is 10.1. The molecular weight excluding hydrogens is 350 g/mol. The minimum atomic E-state index is -0.496. The first kappa shape index (κ1) is 20.3. The maximum absolute atomic E-state index is 11.1. The van der Waals surface area contributed by atoms with E-state index in [9.17, 15) is 4.79 Å². The van der Waals surface area contributed by atoms with Gasteiger partial charge in [-0.2, -0.15) is 0 Å². The second kappa shape index (κ2) is 8.74. The standard InChI is InChI=1S/C23H31N3O2/c1-23(2,16-26(3)19-7-5-4-6-8-19)18-10-12-20(13-11-18)28-21-14-9-17(15-25-21)22(24)27/h9-15,19H,4-8,16H2,1-3H3,(H2,24,27). The molecule has 1 saturated carbocycles.